The number of hydrogen-bond acceptors (Lipinski definition) is 6. The van der Waals surface area contributed by atoms with Crippen molar-refractivity contribution in [2.45, 2.75) is 31.1 Å². The number of halogens is 4. The van der Waals surface area contributed by atoms with Crippen molar-refractivity contribution in [3.63, 3.8) is 0 Å². The van der Waals surface area contributed by atoms with E-state index in [9.17, 15) is 27.9 Å². The smallest absolute Gasteiger partial charge is 0.418 e. The van der Waals surface area contributed by atoms with Gasteiger partial charge in [0, 0.05) is 10.5 Å². The van der Waals surface area contributed by atoms with E-state index in [4.69, 9.17) is 0 Å². The van der Waals surface area contributed by atoms with Crippen LogP contribution in [0.3, 0.4) is 0 Å². The molecule has 0 bridgehead atoms. The number of amides is 2. The molecule has 4 rings (SSSR count). The van der Waals surface area contributed by atoms with Gasteiger partial charge in [-0.25, -0.2) is 4.98 Å². The van der Waals surface area contributed by atoms with Crippen molar-refractivity contribution in [1.29, 1.82) is 0 Å². The average molecular weight is 550 g/mol. The van der Waals surface area contributed by atoms with Gasteiger partial charge in [0.1, 0.15) is 11.2 Å². The number of aromatic hydroxyl groups is 1. The van der Waals surface area contributed by atoms with Crippen LogP contribution in [0.1, 0.15) is 34.6 Å². The van der Waals surface area contributed by atoms with Crippen molar-refractivity contribution < 1.29 is 27.9 Å². The normalized spacial score (nSPS) is 14.2. The van der Waals surface area contributed by atoms with Crippen LogP contribution >= 0.6 is 15.9 Å². The SMILES string of the molecule is O=C(NC1(C(=O)NCc2ccc(Nc3ccc(Br)cc3C(F)(F)F)cn2)CC1)c1cccc(O)n1. The van der Waals surface area contributed by atoms with E-state index in [1.165, 1.54) is 36.5 Å². The summed E-state index contributed by atoms with van der Waals surface area (Å²) >= 11 is 3.05. The van der Waals surface area contributed by atoms with Crippen LogP contribution in [-0.4, -0.2) is 32.4 Å². The van der Waals surface area contributed by atoms with Crippen LogP contribution in [0.15, 0.2) is 59.2 Å². The van der Waals surface area contributed by atoms with Crippen LogP contribution in [0.4, 0.5) is 24.5 Å². The topological polar surface area (TPSA) is 116 Å². The van der Waals surface area contributed by atoms with E-state index in [0.717, 1.165) is 6.07 Å². The Balaban J connectivity index is 1.35. The van der Waals surface area contributed by atoms with Gasteiger partial charge in [-0.1, -0.05) is 22.0 Å². The highest BCUT2D eigenvalue weighted by molar-refractivity contribution is 9.10. The molecule has 0 aliphatic heterocycles. The molecule has 2 aromatic heterocycles. The third-order valence-corrected chi connectivity index (χ3v) is 5.82. The highest BCUT2D eigenvalue weighted by Gasteiger charge is 2.51. The van der Waals surface area contributed by atoms with Crippen molar-refractivity contribution in [2.24, 2.45) is 0 Å². The Morgan fingerprint density at radius 2 is 1.89 bits per heavy atom. The quantitative estimate of drug-likeness (QED) is 0.349. The summed E-state index contributed by atoms with van der Waals surface area (Å²) in [5, 5.41) is 17.5. The monoisotopic (exact) mass is 549 g/mol. The van der Waals surface area contributed by atoms with Crippen LogP contribution in [-0.2, 0) is 17.5 Å². The fourth-order valence-corrected chi connectivity index (χ4v) is 3.68. The maximum absolute atomic E-state index is 13.3. The summed E-state index contributed by atoms with van der Waals surface area (Å²) in [6.07, 6.45) is -2.26. The van der Waals surface area contributed by atoms with E-state index in [1.807, 2.05) is 0 Å². The van der Waals surface area contributed by atoms with Crippen LogP contribution < -0.4 is 16.0 Å². The number of aromatic nitrogens is 2. The highest BCUT2D eigenvalue weighted by atomic mass is 79.9. The van der Waals surface area contributed by atoms with Gasteiger partial charge in [-0.3, -0.25) is 14.6 Å². The van der Waals surface area contributed by atoms with Crippen molar-refractivity contribution >= 4 is 39.1 Å². The second-order valence-corrected chi connectivity index (χ2v) is 8.87. The van der Waals surface area contributed by atoms with Crippen LogP contribution in [0.5, 0.6) is 5.88 Å². The maximum Gasteiger partial charge on any atom is 0.418 e. The molecule has 1 aliphatic rings. The molecule has 2 heterocycles. The molecule has 0 radical (unpaired) electrons. The van der Waals surface area contributed by atoms with Gasteiger partial charge >= 0.3 is 6.18 Å². The summed E-state index contributed by atoms with van der Waals surface area (Å²) in [7, 11) is 0. The minimum atomic E-state index is -4.53. The lowest BCUT2D eigenvalue weighted by molar-refractivity contribution is -0.137. The van der Waals surface area contributed by atoms with E-state index in [-0.39, 0.29) is 29.7 Å². The van der Waals surface area contributed by atoms with Gasteiger partial charge in [0.15, 0.2) is 0 Å². The number of rotatable bonds is 7. The first-order valence-corrected chi connectivity index (χ1v) is 11.2. The Labute approximate surface area is 206 Å². The Kier molecular flexibility index (Phi) is 6.66. The molecular weight excluding hydrogens is 531 g/mol. The van der Waals surface area contributed by atoms with E-state index >= 15 is 0 Å². The standard InChI is InChI=1S/C23H19BrF3N5O3/c24-13-4-7-17(16(10-13)23(25,26)27)30-15-6-5-14(28-12-15)11-29-21(35)22(8-9-22)32-20(34)18-2-1-3-19(33)31-18/h1-7,10,12,30H,8-9,11H2,(H,29,35)(H,31,33)(H,32,34). The average Bonchev–Trinajstić information content (AvgIpc) is 3.59. The Morgan fingerprint density at radius 3 is 2.51 bits per heavy atom. The summed E-state index contributed by atoms with van der Waals surface area (Å²) in [4.78, 5) is 32.9. The first-order chi connectivity index (χ1) is 16.6. The lowest BCUT2D eigenvalue weighted by Gasteiger charge is -2.17. The highest BCUT2D eigenvalue weighted by Crippen LogP contribution is 2.38. The maximum atomic E-state index is 13.3. The molecular formula is C23H19BrF3N5O3. The minimum absolute atomic E-state index is 0.00622. The number of anilines is 2. The molecule has 8 nitrogen and oxygen atoms in total. The van der Waals surface area contributed by atoms with Crippen LogP contribution in [0.25, 0.3) is 0 Å². The van der Waals surface area contributed by atoms with Gasteiger partial charge in [-0.2, -0.15) is 13.2 Å². The lowest BCUT2D eigenvalue weighted by Crippen LogP contribution is -2.49. The van der Waals surface area contributed by atoms with Crippen molar-refractivity contribution in [3.05, 3.63) is 76.2 Å². The lowest BCUT2D eigenvalue weighted by atomic mass is 10.1. The van der Waals surface area contributed by atoms with Gasteiger partial charge in [-0.15, -0.1) is 0 Å². The van der Waals surface area contributed by atoms with E-state index < -0.39 is 23.2 Å². The van der Waals surface area contributed by atoms with E-state index in [2.05, 4.69) is 41.8 Å². The molecule has 1 aromatic carbocycles. The van der Waals surface area contributed by atoms with Gasteiger partial charge in [0.2, 0.25) is 11.8 Å². The molecule has 0 saturated heterocycles. The van der Waals surface area contributed by atoms with E-state index in [0.29, 0.717) is 28.7 Å². The second-order valence-electron chi connectivity index (χ2n) is 7.95. The number of pyridine rings is 2. The zero-order valence-electron chi connectivity index (χ0n) is 18.0. The zero-order valence-corrected chi connectivity index (χ0v) is 19.6. The van der Waals surface area contributed by atoms with Crippen molar-refractivity contribution in [3.8, 4) is 5.88 Å². The molecule has 1 saturated carbocycles. The number of carbonyl (C=O) groups is 2. The summed E-state index contributed by atoms with van der Waals surface area (Å²) in [6.45, 7) is 0.0627. The largest absolute Gasteiger partial charge is 0.493 e. The molecule has 0 spiro atoms. The first kappa shape index (κ1) is 24.5. The van der Waals surface area contributed by atoms with Gasteiger partial charge in [-0.05, 0) is 49.2 Å². The molecule has 182 valence electrons. The third kappa shape index (κ3) is 5.88. The Morgan fingerprint density at radius 1 is 1.11 bits per heavy atom. The summed E-state index contributed by atoms with van der Waals surface area (Å²) in [6, 6.07) is 11.2. The molecule has 0 unspecified atom stereocenters. The molecule has 2 amide bonds. The van der Waals surface area contributed by atoms with Crippen LogP contribution in [0.2, 0.25) is 0 Å². The molecule has 1 fully saturated rings. The molecule has 12 heteroatoms. The minimum Gasteiger partial charge on any atom is -0.493 e. The molecule has 35 heavy (non-hydrogen) atoms. The molecule has 3 aromatic rings. The number of nitrogens with one attached hydrogen (secondary N) is 3. The molecule has 1 aliphatic carbocycles. The number of alkyl halides is 3. The van der Waals surface area contributed by atoms with Gasteiger partial charge < -0.3 is 21.1 Å². The Hall–Kier alpha value is -3.67. The summed E-state index contributed by atoms with van der Waals surface area (Å²) in [5.41, 5.74) is -1.17. The van der Waals surface area contributed by atoms with Gasteiger partial charge in [0.05, 0.1) is 35.4 Å². The summed E-state index contributed by atoms with van der Waals surface area (Å²) in [5.74, 6) is -1.27. The summed E-state index contributed by atoms with van der Waals surface area (Å²) < 4.78 is 40.2. The number of benzene rings is 1. The number of hydrogen-bond donors (Lipinski definition) is 4. The predicted molar refractivity (Wildman–Crippen MR) is 124 cm³/mol. The number of nitrogens with zero attached hydrogens (tertiary/aromatic N) is 2. The van der Waals surface area contributed by atoms with Crippen molar-refractivity contribution in [1.82, 2.24) is 20.6 Å². The first-order valence-electron chi connectivity index (χ1n) is 10.4. The fourth-order valence-electron chi connectivity index (χ4n) is 3.32. The van der Waals surface area contributed by atoms with Crippen molar-refractivity contribution in [2.75, 3.05) is 5.32 Å². The predicted octanol–water partition coefficient (Wildman–Crippen LogP) is 4.29. The Bertz CT molecular complexity index is 1260. The second kappa shape index (κ2) is 9.53. The molecule has 4 N–H and O–H groups in total. The third-order valence-electron chi connectivity index (χ3n) is 5.33. The zero-order chi connectivity index (χ0) is 25.2. The fraction of sp³-hybridized carbons (Fsp3) is 0.217. The van der Waals surface area contributed by atoms with Crippen LogP contribution in [0, 0.1) is 0 Å². The van der Waals surface area contributed by atoms with E-state index in [1.54, 1.807) is 12.1 Å². The van der Waals surface area contributed by atoms with Gasteiger partial charge in [0.25, 0.3) is 5.91 Å². The molecule has 0 atom stereocenters. The number of carbonyl (C=O) groups excluding carboxylic acids is 2.